The first-order valence-corrected chi connectivity index (χ1v) is 8.46. The first kappa shape index (κ1) is 19.6. The quantitative estimate of drug-likeness (QED) is 0.593. The van der Waals surface area contributed by atoms with Crippen molar-refractivity contribution in [2.75, 3.05) is 26.0 Å². The second kappa shape index (κ2) is 9.10. The molecule has 1 amide bonds. The van der Waals surface area contributed by atoms with Crippen molar-refractivity contribution in [3.63, 3.8) is 0 Å². The third-order valence-corrected chi connectivity index (χ3v) is 3.98. The lowest BCUT2D eigenvalue weighted by Crippen LogP contribution is -2.30. The molecule has 26 heavy (non-hydrogen) atoms. The number of hydrogen-bond acceptors (Lipinski definition) is 5. The van der Waals surface area contributed by atoms with Gasteiger partial charge in [-0.1, -0.05) is 23.7 Å². The van der Waals surface area contributed by atoms with Crippen LogP contribution in [0.1, 0.15) is 22.8 Å². The van der Waals surface area contributed by atoms with Gasteiger partial charge in [-0.3, -0.25) is 4.79 Å². The zero-order chi connectivity index (χ0) is 19.1. The molecular weight excluding hydrogens is 356 g/mol. The number of nitrogen functional groups attached to an aromatic ring is 1. The second-order valence-corrected chi connectivity index (χ2v) is 6.05. The molecule has 0 aliphatic rings. The average molecular weight is 377 g/mol. The van der Waals surface area contributed by atoms with Gasteiger partial charge >= 0.3 is 5.97 Å². The van der Waals surface area contributed by atoms with Crippen LogP contribution in [0.15, 0.2) is 42.5 Å². The van der Waals surface area contributed by atoms with Gasteiger partial charge < -0.3 is 20.1 Å². The van der Waals surface area contributed by atoms with Crippen molar-refractivity contribution in [1.29, 1.82) is 0 Å². The van der Waals surface area contributed by atoms with E-state index < -0.39 is 5.97 Å². The highest BCUT2D eigenvalue weighted by Gasteiger charge is 2.14. The van der Waals surface area contributed by atoms with E-state index in [-0.39, 0.29) is 23.8 Å². The summed E-state index contributed by atoms with van der Waals surface area (Å²) in [4.78, 5) is 25.6. The maximum absolute atomic E-state index is 12.2. The fourth-order valence-electron chi connectivity index (χ4n) is 2.21. The van der Waals surface area contributed by atoms with E-state index in [0.29, 0.717) is 18.2 Å². The summed E-state index contributed by atoms with van der Waals surface area (Å²) in [5, 5.41) is 0.354. The number of carbonyl (C=O) groups is 2. The van der Waals surface area contributed by atoms with Gasteiger partial charge in [-0.15, -0.1) is 0 Å². The van der Waals surface area contributed by atoms with E-state index in [1.165, 1.54) is 23.1 Å². The maximum atomic E-state index is 12.2. The van der Waals surface area contributed by atoms with Crippen molar-refractivity contribution in [2.45, 2.75) is 13.5 Å². The van der Waals surface area contributed by atoms with E-state index in [1.54, 1.807) is 7.05 Å². The van der Waals surface area contributed by atoms with Gasteiger partial charge in [0.25, 0.3) is 5.91 Å². The smallest absolute Gasteiger partial charge is 0.338 e. The Balaban J connectivity index is 1.86. The van der Waals surface area contributed by atoms with Gasteiger partial charge in [0, 0.05) is 13.6 Å². The van der Waals surface area contributed by atoms with Crippen LogP contribution >= 0.6 is 11.6 Å². The molecule has 7 heteroatoms. The normalized spacial score (nSPS) is 10.3. The lowest BCUT2D eigenvalue weighted by atomic mass is 10.2. The summed E-state index contributed by atoms with van der Waals surface area (Å²) in [6, 6.07) is 11.9. The number of ether oxygens (including phenoxy) is 2. The molecule has 0 unspecified atom stereocenters. The van der Waals surface area contributed by atoms with Crippen LogP contribution in [0.4, 0.5) is 5.69 Å². The maximum Gasteiger partial charge on any atom is 0.338 e. The minimum atomic E-state index is -0.629. The Hall–Kier alpha value is -2.73. The monoisotopic (exact) mass is 376 g/mol. The van der Waals surface area contributed by atoms with Gasteiger partial charge in [-0.05, 0) is 42.8 Å². The summed E-state index contributed by atoms with van der Waals surface area (Å²) in [5.74, 6) is -0.160. The van der Waals surface area contributed by atoms with Crippen LogP contribution < -0.4 is 10.5 Å². The number of rotatable bonds is 7. The number of amides is 1. The Kier molecular flexibility index (Phi) is 6.86. The van der Waals surface area contributed by atoms with E-state index in [2.05, 4.69) is 0 Å². The van der Waals surface area contributed by atoms with Crippen molar-refractivity contribution in [2.24, 2.45) is 0 Å². The molecule has 0 saturated heterocycles. The number of anilines is 1. The fourth-order valence-corrected chi connectivity index (χ4v) is 2.33. The zero-order valence-corrected chi connectivity index (χ0v) is 15.5. The molecule has 6 nitrogen and oxygen atoms in total. The molecule has 0 fully saturated rings. The van der Waals surface area contributed by atoms with E-state index in [0.717, 1.165) is 11.3 Å². The second-order valence-electron chi connectivity index (χ2n) is 5.64. The summed E-state index contributed by atoms with van der Waals surface area (Å²) in [6.07, 6.45) is 0. The molecule has 0 aliphatic carbocycles. The number of carbonyl (C=O) groups excluding carboxylic acids is 2. The van der Waals surface area contributed by atoms with Crippen molar-refractivity contribution in [3.8, 4) is 5.75 Å². The Bertz CT molecular complexity index is 778. The van der Waals surface area contributed by atoms with Crippen LogP contribution in [0.2, 0.25) is 5.02 Å². The summed E-state index contributed by atoms with van der Waals surface area (Å²) in [6.45, 7) is 2.56. The van der Waals surface area contributed by atoms with E-state index in [4.69, 9.17) is 26.8 Å². The number of halogens is 1. The van der Waals surface area contributed by atoms with Gasteiger partial charge in [0.15, 0.2) is 6.61 Å². The van der Waals surface area contributed by atoms with Gasteiger partial charge in [0.2, 0.25) is 0 Å². The third-order valence-electron chi connectivity index (χ3n) is 3.64. The molecule has 0 aromatic heterocycles. The summed E-state index contributed by atoms with van der Waals surface area (Å²) < 4.78 is 10.4. The van der Waals surface area contributed by atoms with Crippen molar-refractivity contribution in [1.82, 2.24) is 4.90 Å². The lowest BCUT2D eigenvalue weighted by Gasteiger charge is -2.17. The van der Waals surface area contributed by atoms with Gasteiger partial charge in [-0.2, -0.15) is 0 Å². The Labute approximate surface area is 157 Å². The van der Waals surface area contributed by atoms with Crippen LogP contribution in [-0.4, -0.2) is 37.0 Å². The Morgan fingerprint density at radius 2 is 1.85 bits per heavy atom. The number of hydrogen-bond donors (Lipinski definition) is 1. The first-order valence-electron chi connectivity index (χ1n) is 8.08. The topological polar surface area (TPSA) is 81.9 Å². The average Bonchev–Trinajstić information content (AvgIpc) is 2.63. The lowest BCUT2D eigenvalue weighted by molar-refractivity contribution is -0.133. The molecule has 2 aromatic rings. The molecule has 0 radical (unpaired) electrons. The van der Waals surface area contributed by atoms with Crippen LogP contribution in [-0.2, 0) is 16.1 Å². The summed E-state index contributed by atoms with van der Waals surface area (Å²) in [7, 11) is 1.65. The Morgan fingerprint density at radius 1 is 1.15 bits per heavy atom. The highest BCUT2D eigenvalue weighted by molar-refractivity contribution is 6.33. The van der Waals surface area contributed by atoms with Crippen molar-refractivity contribution < 1.29 is 19.1 Å². The molecule has 2 aromatic carbocycles. The molecule has 0 atom stereocenters. The van der Waals surface area contributed by atoms with Crippen LogP contribution in [0.3, 0.4) is 0 Å². The predicted octanol–water partition coefficient (Wildman–Crippen LogP) is 3.14. The minimum absolute atomic E-state index is 0.244. The number of likely N-dealkylation sites (N-methyl/N-ethyl adjacent to an activating group) is 1. The fraction of sp³-hybridized carbons (Fsp3) is 0.263. The molecule has 0 heterocycles. The largest absolute Gasteiger partial charge is 0.494 e. The SMILES string of the molecule is CCOc1ccc(CN(C)C(=O)COC(=O)c2ccc(Cl)c(N)c2)cc1. The molecule has 0 saturated carbocycles. The third kappa shape index (κ3) is 5.39. The van der Waals surface area contributed by atoms with E-state index >= 15 is 0 Å². The van der Waals surface area contributed by atoms with E-state index in [9.17, 15) is 9.59 Å². The molecule has 2 N–H and O–H groups in total. The first-order chi connectivity index (χ1) is 12.4. The summed E-state index contributed by atoms with van der Waals surface area (Å²) >= 11 is 5.81. The highest BCUT2D eigenvalue weighted by Crippen LogP contribution is 2.20. The zero-order valence-electron chi connectivity index (χ0n) is 14.7. The number of nitrogens with zero attached hydrogens (tertiary/aromatic N) is 1. The standard InChI is InChI=1S/C19H21ClN2O4/c1-3-25-15-7-4-13(5-8-15)11-22(2)18(23)12-26-19(24)14-6-9-16(20)17(21)10-14/h4-10H,3,11-12,21H2,1-2H3. The number of esters is 1. The molecule has 2 rings (SSSR count). The van der Waals surface area contributed by atoms with Gasteiger partial charge in [0.05, 0.1) is 22.9 Å². The number of nitrogens with two attached hydrogens (primary N) is 1. The highest BCUT2D eigenvalue weighted by atomic mass is 35.5. The summed E-state index contributed by atoms with van der Waals surface area (Å²) in [5.41, 5.74) is 7.12. The minimum Gasteiger partial charge on any atom is -0.494 e. The number of benzene rings is 2. The Morgan fingerprint density at radius 3 is 2.46 bits per heavy atom. The van der Waals surface area contributed by atoms with Crippen molar-refractivity contribution >= 4 is 29.2 Å². The van der Waals surface area contributed by atoms with Crippen LogP contribution in [0.25, 0.3) is 0 Å². The molecule has 138 valence electrons. The molecule has 0 bridgehead atoms. The molecular formula is C19H21ClN2O4. The van der Waals surface area contributed by atoms with E-state index in [1.807, 2.05) is 31.2 Å². The molecule has 0 spiro atoms. The van der Waals surface area contributed by atoms with Crippen LogP contribution in [0.5, 0.6) is 5.75 Å². The predicted molar refractivity (Wildman–Crippen MR) is 100 cm³/mol. The van der Waals surface area contributed by atoms with Crippen LogP contribution in [0, 0.1) is 0 Å². The van der Waals surface area contributed by atoms with Gasteiger partial charge in [0.1, 0.15) is 5.75 Å². The van der Waals surface area contributed by atoms with Gasteiger partial charge in [-0.25, -0.2) is 4.79 Å². The van der Waals surface area contributed by atoms with Crippen molar-refractivity contribution in [3.05, 3.63) is 58.6 Å². The molecule has 0 aliphatic heterocycles.